The Bertz CT molecular complexity index is 362. The van der Waals surface area contributed by atoms with E-state index in [1.54, 1.807) is 0 Å². The van der Waals surface area contributed by atoms with Crippen molar-refractivity contribution in [2.45, 2.75) is 6.43 Å². The molecule has 0 spiro atoms. The fraction of sp³-hybridized carbons (Fsp3) is 0.286. The molecule has 0 fully saturated rings. The van der Waals surface area contributed by atoms with Gasteiger partial charge in [0.1, 0.15) is 5.82 Å². The normalized spacial score (nSPS) is 10.5. The summed E-state index contributed by atoms with van der Waals surface area (Å²) >= 11 is 0. The fourth-order valence-electron chi connectivity index (χ4n) is 0.978. The van der Waals surface area contributed by atoms with Crippen molar-refractivity contribution < 1.29 is 13.5 Å². The molecule has 0 atom stereocenters. The summed E-state index contributed by atoms with van der Waals surface area (Å²) in [5.41, 5.74) is 4.09. The van der Waals surface area contributed by atoms with E-state index in [9.17, 15) is 13.6 Å². The monoisotopic (exact) mass is 190 g/mol. The molecule has 6 heteroatoms. The molecule has 3 N–H and O–H groups in total. The van der Waals surface area contributed by atoms with Crippen LogP contribution in [0.1, 0.15) is 12.0 Å². The van der Waals surface area contributed by atoms with Crippen LogP contribution >= 0.6 is 0 Å². The number of rotatable bonds is 2. The van der Waals surface area contributed by atoms with Crippen LogP contribution < -0.4 is 16.0 Å². The molecule has 1 aromatic rings. The van der Waals surface area contributed by atoms with E-state index in [1.165, 1.54) is 7.11 Å². The Hall–Kier alpha value is -1.59. The number of nitrogens with two attached hydrogens (primary N) is 1. The van der Waals surface area contributed by atoms with Gasteiger partial charge in [-0.15, -0.1) is 0 Å². The van der Waals surface area contributed by atoms with Gasteiger partial charge in [-0.1, -0.05) is 0 Å². The highest BCUT2D eigenvalue weighted by Crippen LogP contribution is 2.30. The van der Waals surface area contributed by atoms with Crippen LogP contribution in [-0.2, 0) is 0 Å². The molecule has 0 radical (unpaired) electrons. The van der Waals surface area contributed by atoms with E-state index in [0.29, 0.717) is 0 Å². The smallest absolute Gasteiger partial charge is 0.267 e. The molecular formula is C7H8F2N2O2. The number of ether oxygens (including phenoxy) is 1. The van der Waals surface area contributed by atoms with Gasteiger partial charge in [-0.25, -0.2) is 8.78 Å². The maximum Gasteiger partial charge on any atom is 0.267 e. The largest absolute Gasteiger partial charge is 0.492 e. The number of H-pyrrole nitrogens is 1. The van der Waals surface area contributed by atoms with Crippen molar-refractivity contribution in [2.24, 2.45) is 0 Å². The molecule has 0 aliphatic heterocycles. The summed E-state index contributed by atoms with van der Waals surface area (Å²) in [6, 6.07) is 0.764. The van der Waals surface area contributed by atoms with Crippen LogP contribution in [0.25, 0.3) is 0 Å². The molecule has 1 aromatic heterocycles. The first-order valence-corrected chi connectivity index (χ1v) is 3.41. The number of nitrogens with one attached hydrogen (secondary N) is 1. The Morgan fingerprint density at radius 2 is 2.23 bits per heavy atom. The summed E-state index contributed by atoms with van der Waals surface area (Å²) in [4.78, 5) is 12.9. The zero-order valence-electron chi connectivity index (χ0n) is 6.80. The molecule has 0 bridgehead atoms. The quantitative estimate of drug-likeness (QED) is 0.728. The van der Waals surface area contributed by atoms with Gasteiger partial charge in [-0.3, -0.25) is 4.79 Å². The lowest BCUT2D eigenvalue weighted by atomic mass is 10.2. The highest BCUT2D eigenvalue weighted by molar-refractivity contribution is 5.51. The lowest BCUT2D eigenvalue weighted by molar-refractivity contribution is 0.147. The van der Waals surface area contributed by atoms with Gasteiger partial charge < -0.3 is 15.5 Å². The third-order valence-electron chi connectivity index (χ3n) is 1.49. The van der Waals surface area contributed by atoms with Crippen molar-refractivity contribution in [3.8, 4) is 5.75 Å². The minimum atomic E-state index is -2.78. The molecule has 0 saturated carbocycles. The molecule has 72 valence electrons. The molecule has 0 aliphatic carbocycles. The number of hydrogen-bond donors (Lipinski definition) is 2. The molecule has 0 saturated heterocycles. The minimum Gasteiger partial charge on any atom is -0.492 e. The van der Waals surface area contributed by atoms with Gasteiger partial charge in [0.2, 0.25) is 5.56 Å². The Kier molecular flexibility index (Phi) is 2.50. The van der Waals surface area contributed by atoms with Gasteiger partial charge >= 0.3 is 0 Å². The molecule has 0 aromatic carbocycles. The zero-order chi connectivity index (χ0) is 10.0. The summed E-state index contributed by atoms with van der Waals surface area (Å²) in [6.07, 6.45) is -2.78. The first-order valence-electron chi connectivity index (χ1n) is 3.41. The van der Waals surface area contributed by atoms with Crippen LogP contribution in [0.15, 0.2) is 10.9 Å². The molecule has 13 heavy (non-hydrogen) atoms. The van der Waals surface area contributed by atoms with Crippen LogP contribution in [0.5, 0.6) is 5.75 Å². The van der Waals surface area contributed by atoms with Crippen molar-refractivity contribution >= 4 is 5.82 Å². The van der Waals surface area contributed by atoms with E-state index in [-0.39, 0.29) is 11.6 Å². The van der Waals surface area contributed by atoms with Crippen molar-refractivity contribution in [2.75, 3.05) is 12.8 Å². The van der Waals surface area contributed by atoms with Gasteiger partial charge in [-0.05, 0) is 0 Å². The SMILES string of the molecule is COc1c(C(F)F)cc(=O)[nH]c1N. The molecular weight excluding hydrogens is 182 g/mol. The number of alkyl halides is 2. The summed E-state index contributed by atoms with van der Waals surface area (Å²) < 4.78 is 29.2. The number of aromatic amines is 1. The Morgan fingerprint density at radius 1 is 1.62 bits per heavy atom. The summed E-state index contributed by atoms with van der Waals surface area (Å²) in [5, 5.41) is 0. The van der Waals surface area contributed by atoms with Crippen LogP contribution in [0.2, 0.25) is 0 Å². The number of hydrogen-bond acceptors (Lipinski definition) is 3. The molecule has 4 nitrogen and oxygen atoms in total. The number of methoxy groups -OCH3 is 1. The second kappa shape index (κ2) is 3.42. The number of halogens is 2. The van der Waals surface area contributed by atoms with Gasteiger partial charge in [-0.2, -0.15) is 0 Å². The van der Waals surface area contributed by atoms with E-state index < -0.39 is 17.5 Å². The number of aromatic nitrogens is 1. The highest BCUT2D eigenvalue weighted by atomic mass is 19.3. The Labute approximate surface area is 72.3 Å². The van der Waals surface area contributed by atoms with E-state index in [2.05, 4.69) is 9.72 Å². The van der Waals surface area contributed by atoms with Gasteiger partial charge in [0.15, 0.2) is 5.75 Å². The second-order valence-corrected chi connectivity index (χ2v) is 2.34. The van der Waals surface area contributed by atoms with Crippen molar-refractivity contribution in [3.05, 3.63) is 22.0 Å². The standard InChI is InChI=1S/C7H8F2N2O2/c1-13-5-3(6(8)9)2-4(12)11-7(5)10/h2,6H,1H3,(H3,10,11,12). The van der Waals surface area contributed by atoms with E-state index >= 15 is 0 Å². The molecule has 0 unspecified atom stereocenters. The average Bonchev–Trinajstić information content (AvgIpc) is 2.02. The van der Waals surface area contributed by atoms with Crippen molar-refractivity contribution in [3.63, 3.8) is 0 Å². The van der Waals surface area contributed by atoms with Crippen LogP contribution in [0.3, 0.4) is 0 Å². The summed E-state index contributed by atoms with van der Waals surface area (Å²) in [7, 11) is 1.20. The van der Waals surface area contributed by atoms with Crippen LogP contribution in [0, 0.1) is 0 Å². The second-order valence-electron chi connectivity index (χ2n) is 2.34. The van der Waals surface area contributed by atoms with Crippen molar-refractivity contribution in [1.82, 2.24) is 4.98 Å². The molecule has 1 rings (SSSR count). The predicted octanol–water partition coefficient (Wildman–Crippen LogP) is 0.903. The van der Waals surface area contributed by atoms with Crippen molar-refractivity contribution in [1.29, 1.82) is 0 Å². The van der Waals surface area contributed by atoms with Gasteiger partial charge in [0.05, 0.1) is 12.7 Å². The average molecular weight is 190 g/mol. The maximum absolute atomic E-state index is 12.3. The minimum absolute atomic E-state index is 0.186. The topological polar surface area (TPSA) is 68.1 Å². The third-order valence-corrected chi connectivity index (χ3v) is 1.49. The Morgan fingerprint density at radius 3 is 2.69 bits per heavy atom. The third kappa shape index (κ3) is 1.77. The predicted molar refractivity (Wildman–Crippen MR) is 43.0 cm³/mol. The van der Waals surface area contributed by atoms with Crippen LogP contribution in [0.4, 0.5) is 14.6 Å². The number of anilines is 1. The highest BCUT2D eigenvalue weighted by Gasteiger charge is 2.17. The lowest BCUT2D eigenvalue weighted by Crippen LogP contribution is -2.11. The summed E-state index contributed by atoms with van der Waals surface area (Å²) in [5.74, 6) is -0.375. The van der Waals surface area contributed by atoms with Gasteiger partial charge in [0, 0.05) is 6.07 Å². The first kappa shape index (κ1) is 9.50. The number of pyridine rings is 1. The zero-order valence-corrected chi connectivity index (χ0v) is 6.80. The van der Waals surface area contributed by atoms with Crippen LogP contribution in [-0.4, -0.2) is 12.1 Å². The summed E-state index contributed by atoms with van der Waals surface area (Å²) in [6.45, 7) is 0. The first-order chi connectivity index (χ1) is 6.06. The molecule has 1 heterocycles. The fourth-order valence-corrected chi connectivity index (χ4v) is 0.978. The maximum atomic E-state index is 12.3. The number of nitrogen functional groups attached to an aromatic ring is 1. The van der Waals surface area contributed by atoms with E-state index in [4.69, 9.17) is 5.73 Å². The lowest BCUT2D eigenvalue weighted by Gasteiger charge is -2.08. The molecule has 0 aliphatic rings. The van der Waals surface area contributed by atoms with E-state index in [0.717, 1.165) is 6.07 Å². The van der Waals surface area contributed by atoms with E-state index in [1.807, 2.05) is 0 Å². The Balaban J connectivity index is 3.38. The van der Waals surface area contributed by atoms with Gasteiger partial charge in [0.25, 0.3) is 6.43 Å². The molecule has 0 amide bonds.